The van der Waals surface area contributed by atoms with Crippen LogP contribution in [-0.2, 0) is 0 Å². The smallest absolute Gasteiger partial charge is 0.00211 e. The molecule has 1 aliphatic rings. The maximum atomic E-state index is 2.45. The summed E-state index contributed by atoms with van der Waals surface area (Å²) in [7, 11) is -1.16. The van der Waals surface area contributed by atoms with Crippen LogP contribution >= 0.6 is 10.0 Å². The lowest BCUT2D eigenvalue weighted by molar-refractivity contribution is 0.735. The van der Waals surface area contributed by atoms with Gasteiger partial charge in [0.25, 0.3) is 0 Å². The van der Waals surface area contributed by atoms with Crippen LogP contribution in [0.4, 0.5) is 0 Å². The maximum Gasteiger partial charge on any atom is -0.00211 e. The Bertz CT molecular complexity index is 694. The quantitative estimate of drug-likeness (QED) is 0.621. The molecule has 0 radical (unpaired) electrons. The standard InChI is InChI=1S/C21H24S/c1-17-9-13-20(14-10-17)22(3,19-7-5-4-6-8-19)21-15-11-18(2)12-16-21/h4-11,13-16,18H,12H2,1-3H3. The van der Waals surface area contributed by atoms with Gasteiger partial charge in [-0.1, -0.05) is 61.0 Å². The summed E-state index contributed by atoms with van der Waals surface area (Å²) >= 11 is 0. The predicted molar refractivity (Wildman–Crippen MR) is 98.7 cm³/mol. The monoisotopic (exact) mass is 308 g/mol. The first kappa shape index (κ1) is 15.2. The molecule has 0 saturated heterocycles. The molecule has 22 heavy (non-hydrogen) atoms. The van der Waals surface area contributed by atoms with E-state index in [1.807, 2.05) is 0 Å². The Morgan fingerprint density at radius 1 is 0.909 bits per heavy atom. The molecule has 0 nitrogen and oxygen atoms in total. The van der Waals surface area contributed by atoms with Crippen molar-refractivity contribution in [1.29, 1.82) is 0 Å². The Morgan fingerprint density at radius 3 is 2.14 bits per heavy atom. The molecule has 0 aromatic heterocycles. The van der Waals surface area contributed by atoms with Crippen molar-refractivity contribution in [1.82, 2.24) is 0 Å². The molecule has 0 amide bonds. The van der Waals surface area contributed by atoms with Crippen molar-refractivity contribution >= 4 is 10.0 Å². The third-order valence-electron chi connectivity index (χ3n) is 4.46. The molecule has 2 unspecified atom stereocenters. The van der Waals surface area contributed by atoms with Crippen molar-refractivity contribution < 1.29 is 0 Å². The molecular weight excluding hydrogens is 284 g/mol. The average Bonchev–Trinajstić information content (AvgIpc) is 2.56. The van der Waals surface area contributed by atoms with Crippen LogP contribution < -0.4 is 0 Å². The molecule has 0 saturated carbocycles. The van der Waals surface area contributed by atoms with Gasteiger partial charge in [0.05, 0.1) is 0 Å². The van der Waals surface area contributed by atoms with E-state index in [9.17, 15) is 0 Å². The third-order valence-corrected chi connectivity index (χ3v) is 8.13. The van der Waals surface area contributed by atoms with E-state index in [2.05, 4.69) is 92.9 Å². The number of benzene rings is 2. The first-order valence-electron chi connectivity index (χ1n) is 7.89. The lowest BCUT2D eigenvalue weighted by atomic mass is 10.0. The van der Waals surface area contributed by atoms with Gasteiger partial charge in [0.1, 0.15) is 0 Å². The van der Waals surface area contributed by atoms with Gasteiger partial charge < -0.3 is 0 Å². The van der Waals surface area contributed by atoms with E-state index >= 15 is 0 Å². The van der Waals surface area contributed by atoms with Crippen LogP contribution in [0.15, 0.2) is 87.5 Å². The van der Waals surface area contributed by atoms with E-state index in [0.717, 1.165) is 6.42 Å². The van der Waals surface area contributed by atoms with E-state index < -0.39 is 10.0 Å². The summed E-state index contributed by atoms with van der Waals surface area (Å²) in [5.74, 6) is 0.654. The first-order chi connectivity index (χ1) is 10.6. The predicted octanol–water partition coefficient (Wildman–Crippen LogP) is 6.33. The van der Waals surface area contributed by atoms with Crippen LogP contribution in [0.3, 0.4) is 0 Å². The molecule has 2 aromatic rings. The van der Waals surface area contributed by atoms with Gasteiger partial charge in [-0.15, -0.1) is 0 Å². The van der Waals surface area contributed by atoms with Gasteiger partial charge >= 0.3 is 0 Å². The van der Waals surface area contributed by atoms with Crippen molar-refractivity contribution in [2.45, 2.75) is 30.1 Å². The van der Waals surface area contributed by atoms with Gasteiger partial charge in [-0.2, -0.15) is 10.0 Å². The van der Waals surface area contributed by atoms with Gasteiger partial charge in [-0.25, -0.2) is 0 Å². The van der Waals surface area contributed by atoms with Crippen molar-refractivity contribution in [3.8, 4) is 0 Å². The molecule has 0 N–H and O–H groups in total. The van der Waals surface area contributed by atoms with Crippen molar-refractivity contribution in [2.75, 3.05) is 6.26 Å². The van der Waals surface area contributed by atoms with Gasteiger partial charge in [-0.3, -0.25) is 0 Å². The first-order valence-corrected chi connectivity index (χ1v) is 9.93. The van der Waals surface area contributed by atoms with E-state index in [0.29, 0.717) is 5.92 Å². The Balaban J connectivity index is 2.14. The third kappa shape index (κ3) is 2.78. The van der Waals surface area contributed by atoms with Gasteiger partial charge in [0.2, 0.25) is 0 Å². The average molecular weight is 308 g/mol. The van der Waals surface area contributed by atoms with E-state index in [4.69, 9.17) is 0 Å². The highest BCUT2D eigenvalue weighted by atomic mass is 32.3. The summed E-state index contributed by atoms with van der Waals surface area (Å²) < 4.78 is 0. The van der Waals surface area contributed by atoms with E-state index in [1.54, 1.807) is 0 Å². The Kier molecular flexibility index (Phi) is 4.26. The maximum absolute atomic E-state index is 2.45. The molecule has 2 aromatic carbocycles. The van der Waals surface area contributed by atoms with Crippen molar-refractivity contribution in [2.24, 2.45) is 5.92 Å². The van der Waals surface area contributed by atoms with Crippen molar-refractivity contribution in [3.63, 3.8) is 0 Å². The summed E-state index contributed by atoms with van der Waals surface area (Å²) in [6.07, 6.45) is 10.7. The zero-order valence-corrected chi connectivity index (χ0v) is 14.4. The highest BCUT2D eigenvalue weighted by Gasteiger charge is 2.27. The normalized spacial score (nSPS) is 21.8. The molecule has 114 valence electrons. The topological polar surface area (TPSA) is 0 Å². The second-order valence-electron chi connectivity index (χ2n) is 6.22. The minimum absolute atomic E-state index is 0.654. The number of allylic oxidation sites excluding steroid dienone is 3. The number of hydrogen-bond acceptors (Lipinski definition) is 0. The lowest BCUT2D eigenvalue weighted by Gasteiger charge is -2.39. The van der Waals surface area contributed by atoms with Crippen LogP contribution in [0.5, 0.6) is 0 Å². The molecule has 3 rings (SSSR count). The molecular formula is C21H24S. The van der Waals surface area contributed by atoms with Crippen LogP contribution in [0.2, 0.25) is 0 Å². The summed E-state index contributed by atoms with van der Waals surface area (Å²) in [4.78, 5) is 4.36. The second kappa shape index (κ2) is 6.18. The highest BCUT2D eigenvalue weighted by Crippen LogP contribution is 2.66. The van der Waals surface area contributed by atoms with Crippen LogP contribution in [0.25, 0.3) is 0 Å². The Hall–Kier alpha value is -1.73. The van der Waals surface area contributed by atoms with Gasteiger partial charge in [-0.05, 0) is 64.5 Å². The Morgan fingerprint density at radius 2 is 1.55 bits per heavy atom. The molecule has 0 spiro atoms. The molecule has 0 aliphatic heterocycles. The summed E-state index contributed by atoms with van der Waals surface area (Å²) in [6, 6.07) is 20.1. The van der Waals surface area contributed by atoms with E-state index in [1.165, 1.54) is 20.3 Å². The fraction of sp³-hybridized carbons (Fsp3) is 0.238. The zero-order valence-electron chi connectivity index (χ0n) is 13.6. The van der Waals surface area contributed by atoms with E-state index in [-0.39, 0.29) is 0 Å². The molecule has 0 heterocycles. The summed E-state index contributed by atoms with van der Waals surface area (Å²) in [5, 5.41) is 0. The van der Waals surface area contributed by atoms with Crippen LogP contribution in [0.1, 0.15) is 18.9 Å². The fourth-order valence-electron chi connectivity index (χ4n) is 2.92. The minimum Gasteiger partial charge on any atom is -0.164 e. The van der Waals surface area contributed by atoms with Gasteiger partial charge in [0, 0.05) is 0 Å². The van der Waals surface area contributed by atoms with Crippen molar-refractivity contribution in [3.05, 3.63) is 83.3 Å². The van der Waals surface area contributed by atoms with Crippen LogP contribution in [-0.4, -0.2) is 6.26 Å². The molecule has 2 atom stereocenters. The lowest BCUT2D eigenvalue weighted by Crippen LogP contribution is -2.06. The molecule has 0 bridgehead atoms. The molecule has 1 heteroatoms. The molecule has 0 fully saturated rings. The Labute approximate surface area is 135 Å². The summed E-state index contributed by atoms with van der Waals surface area (Å²) in [5.41, 5.74) is 1.32. The highest BCUT2D eigenvalue weighted by molar-refractivity contribution is 8.36. The fourth-order valence-corrected chi connectivity index (χ4v) is 5.90. The van der Waals surface area contributed by atoms with Gasteiger partial charge in [0.15, 0.2) is 0 Å². The SMILES string of the molecule is Cc1ccc(S(C)(C2=CCC(C)C=C2)c2ccccc2)cc1. The van der Waals surface area contributed by atoms with Crippen LogP contribution in [0, 0.1) is 12.8 Å². The number of aryl methyl sites for hydroxylation is 1. The zero-order chi connectivity index (χ0) is 15.6. The summed E-state index contributed by atoms with van der Waals surface area (Å²) in [6.45, 7) is 4.44. The second-order valence-corrected chi connectivity index (χ2v) is 9.47. The minimum atomic E-state index is -1.16. The number of rotatable bonds is 3. The number of hydrogen-bond donors (Lipinski definition) is 0. The molecule has 1 aliphatic carbocycles. The largest absolute Gasteiger partial charge is 0.164 e.